The lowest BCUT2D eigenvalue weighted by Gasteiger charge is -2.59. The summed E-state index contributed by atoms with van der Waals surface area (Å²) in [7, 11) is 1.60. The number of aryl methyl sites for hydroxylation is 2. The zero-order valence-corrected chi connectivity index (χ0v) is 44.2. The Morgan fingerprint density at radius 1 is 0.949 bits per heavy atom. The number of carbonyl (C=O) groups is 2. The molecule has 79 heavy (non-hydrogen) atoms. The summed E-state index contributed by atoms with van der Waals surface area (Å²) in [6, 6.07) is 9.98. The number of phenolic OH excluding ortho intramolecular Hbond substituents is 1. The Balaban J connectivity index is 0.914. The number of ether oxygens (including phenoxy) is 5. The van der Waals surface area contributed by atoms with Gasteiger partial charge in [-0.05, 0) is 157 Å². The molecule has 12 bridgehead atoms. The van der Waals surface area contributed by atoms with E-state index in [1.165, 1.54) is 16.0 Å². The molecule has 1 aromatic heterocycles. The number of methoxy groups -OCH3 is 1. The first-order chi connectivity index (χ1) is 38.4. The Morgan fingerprint density at radius 3 is 2.71 bits per heavy atom. The number of allylic oxidation sites excluding steroid dienone is 3. The predicted octanol–water partition coefficient (Wildman–Crippen LogP) is 8.29. The SMILES string of the molecule is COc1c2c3c4c(O)c(c5c6c4c1CCC6=CC1CCCC51)C(=O)CN1Cc4c(cccc4C1=O)CC#COC1C(O)C(COC(c4c[nH]c5cc6c(cc45)C4(CC6)CC5C=CC6CCCC5C6(O)C4)C=C2)OC(O3)C1(O)CO. The zero-order chi connectivity index (χ0) is 53.4. The van der Waals surface area contributed by atoms with Crippen LogP contribution in [0.5, 0.6) is 17.2 Å². The average molecular weight is 1070 g/mol. The van der Waals surface area contributed by atoms with Crippen molar-refractivity contribution in [3.05, 3.63) is 122 Å². The number of aromatic nitrogens is 1. The number of amides is 1. The molecule has 13 atom stereocenters. The van der Waals surface area contributed by atoms with Crippen LogP contribution in [0.3, 0.4) is 0 Å². The number of H-pyrrole nitrogens is 1. The van der Waals surface area contributed by atoms with Gasteiger partial charge in [0.2, 0.25) is 6.29 Å². The number of carbonyl (C=O) groups excluding carboxylic acids is 2. The highest BCUT2D eigenvalue weighted by Gasteiger charge is 2.61. The first-order valence-corrected chi connectivity index (χ1v) is 28.8. The molecule has 4 fully saturated rings. The predicted molar refractivity (Wildman–Crippen MR) is 291 cm³/mol. The fraction of sp³-hybridized carbons (Fsp3) is 0.477. The van der Waals surface area contributed by atoms with Gasteiger partial charge in [0, 0.05) is 58.1 Å². The number of Topliss-reactive ketones (excluding diaryl/α,β-unsaturated/α-hetero) is 1. The van der Waals surface area contributed by atoms with Crippen molar-refractivity contribution in [1.29, 1.82) is 0 Å². The molecule has 1 saturated heterocycles. The Hall–Kier alpha value is -6.44. The summed E-state index contributed by atoms with van der Waals surface area (Å²) < 4.78 is 33.4. The minimum absolute atomic E-state index is 0.0159. The Bertz CT molecular complexity index is 3690. The van der Waals surface area contributed by atoms with Crippen LogP contribution >= 0.6 is 0 Å². The van der Waals surface area contributed by atoms with E-state index in [9.17, 15) is 30.3 Å². The summed E-state index contributed by atoms with van der Waals surface area (Å²) in [4.78, 5) is 34.9. The van der Waals surface area contributed by atoms with E-state index in [-0.39, 0.29) is 83.6 Å². The maximum absolute atomic E-state index is 15.5. The second kappa shape index (κ2) is 17.3. The highest BCUT2D eigenvalue weighted by molar-refractivity contribution is 6.17. The van der Waals surface area contributed by atoms with Crippen LogP contribution in [0.4, 0.5) is 0 Å². The Kier molecular flexibility index (Phi) is 10.6. The molecule has 13 unspecified atom stereocenters. The highest BCUT2D eigenvalue weighted by atomic mass is 16.7. The number of aromatic hydroxyl groups is 1. The van der Waals surface area contributed by atoms with Crippen LogP contribution in [-0.4, -0.2) is 110 Å². The second-order valence-electron chi connectivity index (χ2n) is 25.0. The van der Waals surface area contributed by atoms with Crippen LogP contribution in [-0.2, 0) is 45.4 Å². The number of ketones is 1. The molecule has 6 N–H and O–H groups in total. The molecule has 16 rings (SSSR count). The van der Waals surface area contributed by atoms with Gasteiger partial charge in [-0.1, -0.05) is 55.2 Å². The fourth-order valence-corrected chi connectivity index (χ4v) is 17.6. The number of hydrogen-bond acceptors (Lipinski definition) is 12. The molecule has 4 aliphatic heterocycles. The molecular formula is C65H64N2O12. The molecule has 4 aromatic carbocycles. The monoisotopic (exact) mass is 1060 g/mol. The molecule has 1 spiro atoms. The van der Waals surface area contributed by atoms with Gasteiger partial charge in [0.15, 0.2) is 17.5 Å². The van der Waals surface area contributed by atoms with Crippen molar-refractivity contribution < 1.29 is 58.8 Å². The fourth-order valence-electron chi connectivity index (χ4n) is 17.6. The minimum atomic E-state index is -2.47. The lowest BCUT2D eigenvalue weighted by atomic mass is 9.48. The third-order valence-corrected chi connectivity index (χ3v) is 21.2. The van der Waals surface area contributed by atoms with Crippen LogP contribution in [0.2, 0.25) is 0 Å². The van der Waals surface area contributed by atoms with Gasteiger partial charge < -0.3 is 59.1 Å². The largest absolute Gasteiger partial charge is 0.506 e. The van der Waals surface area contributed by atoms with Crippen LogP contribution in [0.15, 0.2) is 60.8 Å². The standard InChI is InChI=1S/C65H64N2O12/c1-75-58-40-16-14-35-22-33-7-3-10-38(33)52-51(35)53(40)55-57(71)54(52)48(69)28-67-27-44-32(6-2-11-39(44)61(67)72)8-5-21-76-60-56(70)50-29-77-49(18-17-41(58)59(55)79-62(78-50)65(60,74)31-68)43-26-66-47-23-34-19-20-63(46(34)24-42(43)47)25-36-13-15-37-9-4-12-45(36)64(37,73)30-63/h2,6,11,13,15,17-18,22-24,26,33,36-38,45,49-50,56,60,62,66,68,70-71,73-74H,3-4,7-10,12,14,16,19-20,25,27-31H2,1H3. The van der Waals surface area contributed by atoms with Crippen LogP contribution in [0, 0.1) is 35.7 Å². The number of nitrogens with one attached hydrogen (secondary N) is 1. The van der Waals surface area contributed by atoms with Crippen molar-refractivity contribution in [1.82, 2.24) is 9.88 Å². The molecule has 3 saturated carbocycles. The lowest BCUT2D eigenvalue weighted by molar-refractivity contribution is -0.328. The number of benzene rings is 4. The van der Waals surface area contributed by atoms with Gasteiger partial charge in [0.25, 0.3) is 5.91 Å². The average Bonchev–Trinajstić information content (AvgIpc) is 3.68. The summed E-state index contributed by atoms with van der Waals surface area (Å²) in [5, 5.41) is 64.5. The first-order valence-electron chi connectivity index (χ1n) is 28.8. The molecule has 11 aliphatic rings. The third kappa shape index (κ3) is 6.69. The van der Waals surface area contributed by atoms with Crippen LogP contribution in [0.1, 0.15) is 147 Å². The molecule has 14 heteroatoms. The van der Waals surface area contributed by atoms with Crippen molar-refractivity contribution in [3.8, 4) is 29.3 Å². The first kappa shape index (κ1) is 48.5. The van der Waals surface area contributed by atoms with E-state index in [0.717, 1.165) is 114 Å². The van der Waals surface area contributed by atoms with E-state index in [4.69, 9.17) is 23.7 Å². The Labute approximate surface area is 457 Å². The number of hydrogen-bond donors (Lipinski definition) is 6. The molecule has 0 radical (unpaired) electrons. The quantitative estimate of drug-likeness (QED) is 0.0748. The molecule has 7 aliphatic carbocycles. The molecule has 1 amide bonds. The number of fused-ring (bicyclic) bond motifs is 10. The summed E-state index contributed by atoms with van der Waals surface area (Å²) in [6.07, 6.45) is 19.3. The lowest BCUT2D eigenvalue weighted by Crippen LogP contribution is -2.70. The van der Waals surface area contributed by atoms with E-state index in [1.807, 2.05) is 24.4 Å². The van der Waals surface area contributed by atoms with E-state index < -0.39 is 54.3 Å². The van der Waals surface area contributed by atoms with Crippen molar-refractivity contribution in [2.45, 2.75) is 143 Å². The number of rotatable bonds is 3. The topological polar surface area (TPSA) is 200 Å². The number of aliphatic hydroxyl groups excluding tert-OH is 2. The second-order valence-corrected chi connectivity index (χ2v) is 25.0. The maximum Gasteiger partial charge on any atom is 0.254 e. The van der Waals surface area contributed by atoms with Crippen LogP contribution < -0.4 is 9.47 Å². The summed E-state index contributed by atoms with van der Waals surface area (Å²) >= 11 is 0. The van der Waals surface area contributed by atoms with Gasteiger partial charge in [0.05, 0.1) is 49.0 Å². The van der Waals surface area contributed by atoms with Gasteiger partial charge in [-0.2, -0.15) is 0 Å². The van der Waals surface area contributed by atoms with Gasteiger partial charge in [0.1, 0.15) is 41.7 Å². The van der Waals surface area contributed by atoms with Crippen molar-refractivity contribution in [3.63, 3.8) is 0 Å². The molecular weight excluding hydrogens is 1000 g/mol. The van der Waals surface area contributed by atoms with Crippen LogP contribution in [0.25, 0.3) is 33.3 Å². The van der Waals surface area contributed by atoms with Crippen molar-refractivity contribution in [2.75, 3.05) is 26.9 Å². The van der Waals surface area contributed by atoms with Gasteiger partial charge in [-0.25, -0.2) is 0 Å². The highest BCUT2D eigenvalue weighted by Crippen LogP contribution is 2.64. The van der Waals surface area contributed by atoms with Crippen molar-refractivity contribution in [2.24, 2.45) is 23.7 Å². The molecule has 5 aromatic rings. The summed E-state index contributed by atoms with van der Waals surface area (Å²) in [5.74, 6) is 3.34. The van der Waals surface area contributed by atoms with Crippen molar-refractivity contribution >= 4 is 45.0 Å². The number of aliphatic hydroxyl groups is 4. The number of aromatic amines is 1. The Morgan fingerprint density at radius 2 is 1.84 bits per heavy atom. The number of nitrogens with zero attached hydrogens (tertiary/aromatic N) is 1. The zero-order valence-electron chi connectivity index (χ0n) is 44.2. The summed E-state index contributed by atoms with van der Waals surface area (Å²) in [5.41, 5.74) is 6.89. The molecule has 5 heterocycles. The van der Waals surface area contributed by atoms with E-state index in [2.05, 4.69) is 47.4 Å². The third-order valence-electron chi connectivity index (χ3n) is 21.2. The summed E-state index contributed by atoms with van der Waals surface area (Å²) in [6.45, 7) is -1.37. The normalized spacial score (nSPS) is 35.2. The number of phenols is 1. The van der Waals surface area contributed by atoms with Gasteiger partial charge in [-0.3, -0.25) is 9.59 Å². The van der Waals surface area contributed by atoms with Gasteiger partial charge >= 0.3 is 0 Å². The molecule has 406 valence electrons. The molecule has 14 nitrogen and oxygen atoms in total. The van der Waals surface area contributed by atoms with Gasteiger partial charge in [-0.15, -0.1) is 0 Å². The smallest absolute Gasteiger partial charge is 0.254 e. The van der Waals surface area contributed by atoms with E-state index >= 15 is 4.79 Å². The van der Waals surface area contributed by atoms with E-state index in [0.29, 0.717) is 41.0 Å². The maximum atomic E-state index is 15.5. The minimum Gasteiger partial charge on any atom is -0.506 e. The van der Waals surface area contributed by atoms with E-state index in [1.54, 1.807) is 19.2 Å².